The maximum Gasteiger partial charge on any atom is 0.123 e. The Hall–Kier alpha value is -2.02. The molecule has 0 fully saturated rings. The topological polar surface area (TPSA) is 45.0 Å². The zero-order chi connectivity index (χ0) is 14.7. The second-order valence-electron chi connectivity index (χ2n) is 5.14. The van der Waals surface area contributed by atoms with Gasteiger partial charge in [-0.1, -0.05) is 23.7 Å². The van der Waals surface area contributed by atoms with Crippen LogP contribution < -0.4 is 10.1 Å². The minimum atomic E-state index is 0.137. The summed E-state index contributed by atoms with van der Waals surface area (Å²) < 4.78 is 5.87. The smallest absolute Gasteiger partial charge is 0.123 e. The highest BCUT2D eigenvalue weighted by atomic mass is 35.5. The lowest BCUT2D eigenvalue weighted by Crippen LogP contribution is -2.29. The second kappa shape index (κ2) is 6.17. The van der Waals surface area contributed by atoms with E-state index in [2.05, 4.69) is 11.4 Å². The van der Waals surface area contributed by atoms with E-state index in [1.165, 1.54) is 5.56 Å². The van der Waals surface area contributed by atoms with E-state index in [0.29, 0.717) is 5.56 Å². The van der Waals surface area contributed by atoms with E-state index in [4.69, 9.17) is 21.6 Å². The van der Waals surface area contributed by atoms with Gasteiger partial charge in [-0.15, -0.1) is 0 Å². The molecule has 1 aliphatic heterocycles. The van der Waals surface area contributed by atoms with Crippen molar-refractivity contribution in [2.45, 2.75) is 19.1 Å². The van der Waals surface area contributed by atoms with Gasteiger partial charge in [0.05, 0.1) is 11.6 Å². The van der Waals surface area contributed by atoms with Gasteiger partial charge >= 0.3 is 0 Å². The van der Waals surface area contributed by atoms with Crippen molar-refractivity contribution in [1.29, 1.82) is 5.26 Å². The van der Waals surface area contributed by atoms with Gasteiger partial charge in [0.25, 0.3) is 0 Å². The summed E-state index contributed by atoms with van der Waals surface area (Å²) in [5.41, 5.74) is 2.96. The molecule has 2 aromatic carbocycles. The van der Waals surface area contributed by atoms with Crippen molar-refractivity contribution in [3.8, 4) is 11.8 Å². The molecule has 1 atom stereocenters. The van der Waals surface area contributed by atoms with Gasteiger partial charge in [0.2, 0.25) is 0 Å². The van der Waals surface area contributed by atoms with Crippen molar-refractivity contribution in [1.82, 2.24) is 5.32 Å². The number of fused-ring (bicyclic) bond motifs is 1. The molecule has 0 saturated carbocycles. The molecule has 4 heteroatoms. The summed E-state index contributed by atoms with van der Waals surface area (Å²) in [6.07, 6.45) is 1.01. The standard InChI is InChI=1S/C17H15ClN2O/c18-15-4-5-17-14(7-15)8-16(21-17)11-20-10-13-3-1-2-12(6-13)9-19/h1-7,16,20H,8,10-11H2. The normalized spacial score (nSPS) is 16.1. The van der Waals surface area contributed by atoms with Crippen molar-refractivity contribution < 1.29 is 4.74 Å². The lowest BCUT2D eigenvalue weighted by molar-refractivity contribution is 0.227. The number of ether oxygens (including phenoxy) is 1. The number of rotatable bonds is 4. The van der Waals surface area contributed by atoms with Gasteiger partial charge in [0, 0.05) is 24.5 Å². The van der Waals surface area contributed by atoms with Crippen LogP contribution in [0.5, 0.6) is 5.75 Å². The number of nitriles is 1. The predicted molar refractivity (Wildman–Crippen MR) is 82.4 cm³/mol. The quantitative estimate of drug-likeness (QED) is 0.942. The van der Waals surface area contributed by atoms with Crippen LogP contribution in [-0.2, 0) is 13.0 Å². The molecule has 2 aromatic rings. The predicted octanol–water partition coefficient (Wildman–Crippen LogP) is 3.30. The van der Waals surface area contributed by atoms with Gasteiger partial charge in [0.1, 0.15) is 11.9 Å². The molecule has 1 aliphatic rings. The average Bonchev–Trinajstić information content (AvgIpc) is 2.89. The monoisotopic (exact) mass is 298 g/mol. The Balaban J connectivity index is 1.52. The van der Waals surface area contributed by atoms with Crippen LogP contribution in [0.2, 0.25) is 5.02 Å². The van der Waals surface area contributed by atoms with E-state index in [-0.39, 0.29) is 6.10 Å². The van der Waals surface area contributed by atoms with Crippen LogP contribution in [0, 0.1) is 11.3 Å². The fraction of sp³-hybridized carbons (Fsp3) is 0.235. The molecule has 0 aromatic heterocycles. The maximum atomic E-state index is 8.88. The largest absolute Gasteiger partial charge is 0.488 e. The highest BCUT2D eigenvalue weighted by Crippen LogP contribution is 2.30. The first-order valence-electron chi connectivity index (χ1n) is 6.89. The molecule has 3 nitrogen and oxygen atoms in total. The van der Waals surface area contributed by atoms with Crippen LogP contribution in [0.25, 0.3) is 0 Å². The Morgan fingerprint density at radius 1 is 1.29 bits per heavy atom. The number of hydrogen-bond acceptors (Lipinski definition) is 3. The number of nitrogens with zero attached hydrogens (tertiary/aromatic N) is 1. The summed E-state index contributed by atoms with van der Waals surface area (Å²) in [6, 6.07) is 15.5. The van der Waals surface area contributed by atoms with Gasteiger partial charge in [-0.25, -0.2) is 0 Å². The summed E-state index contributed by atoms with van der Waals surface area (Å²) in [5.74, 6) is 0.928. The van der Waals surface area contributed by atoms with Crippen molar-refractivity contribution in [2.24, 2.45) is 0 Å². The SMILES string of the molecule is N#Cc1cccc(CNCC2Cc3cc(Cl)ccc3O2)c1. The molecule has 0 radical (unpaired) electrons. The molecule has 0 amide bonds. The van der Waals surface area contributed by atoms with E-state index in [1.54, 1.807) is 0 Å². The fourth-order valence-corrected chi connectivity index (χ4v) is 2.73. The van der Waals surface area contributed by atoms with Crippen molar-refractivity contribution in [3.05, 3.63) is 64.2 Å². The Morgan fingerprint density at radius 3 is 3.05 bits per heavy atom. The molecular formula is C17H15ClN2O. The Morgan fingerprint density at radius 2 is 2.19 bits per heavy atom. The lowest BCUT2D eigenvalue weighted by Gasteiger charge is -2.12. The molecule has 21 heavy (non-hydrogen) atoms. The lowest BCUT2D eigenvalue weighted by atomic mass is 10.1. The van der Waals surface area contributed by atoms with Crippen LogP contribution in [0.4, 0.5) is 0 Å². The maximum absolute atomic E-state index is 8.88. The Labute approximate surface area is 129 Å². The van der Waals surface area contributed by atoms with Gasteiger partial charge in [-0.05, 0) is 41.5 Å². The molecule has 0 bridgehead atoms. The number of hydrogen-bond donors (Lipinski definition) is 1. The average molecular weight is 299 g/mol. The number of halogens is 1. The molecule has 1 N–H and O–H groups in total. The van der Waals surface area contributed by atoms with Gasteiger partial charge in [-0.2, -0.15) is 5.26 Å². The van der Waals surface area contributed by atoms with Gasteiger partial charge in [0.15, 0.2) is 0 Å². The third-order valence-corrected chi connectivity index (χ3v) is 3.76. The van der Waals surface area contributed by atoms with Crippen molar-refractivity contribution in [2.75, 3.05) is 6.54 Å². The molecule has 1 heterocycles. The first-order chi connectivity index (χ1) is 10.2. The van der Waals surface area contributed by atoms with Crippen molar-refractivity contribution in [3.63, 3.8) is 0 Å². The van der Waals surface area contributed by atoms with Gasteiger partial charge in [-0.3, -0.25) is 0 Å². The first kappa shape index (κ1) is 13.9. The second-order valence-corrected chi connectivity index (χ2v) is 5.58. The summed E-state index contributed by atoms with van der Waals surface area (Å²) in [7, 11) is 0. The minimum Gasteiger partial charge on any atom is -0.488 e. The fourth-order valence-electron chi connectivity index (χ4n) is 2.53. The van der Waals surface area contributed by atoms with E-state index in [9.17, 15) is 0 Å². The van der Waals surface area contributed by atoms with Crippen molar-refractivity contribution >= 4 is 11.6 Å². The molecule has 1 unspecified atom stereocenters. The zero-order valence-corrected chi connectivity index (χ0v) is 12.2. The summed E-state index contributed by atoms with van der Waals surface area (Å²) in [5, 5.41) is 13.0. The molecule has 0 aliphatic carbocycles. The summed E-state index contributed by atoms with van der Waals surface area (Å²) in [4.78, 5) is 0. The van der Waals surface area contributed by atoms with Crippen LogP contribution >= 0.6 is 11.6 Å². The molecular weight excluding hydrogens is 284 g/mol. The molecule has 0 saturated heterocycles. The zero-order valence-electron chi connectivity index (χ0n) is 11.5. The Kier molecular flexibility index (Phi) is 4.10. The molecule has 0 spiro atoms. The minimum absolute atomic E-state index is 0.137. The van der Waals surface area contributed by atoms with Crippen LogP contribution in [0.15, 0.2) is 42.5 Å². The van der Waals surface area contributed by atoms with Gasteiger partial charge < -0.3 is 10.1 Å². The summed E-state index contributed by atoms with van der Waals surface area (Å²) >= 11 is 5.99. The molecule has 3 rings (SSSR count). The highest BCUT2D eigenvalue weighted by Gasteiger charge is 2.22. The third-order valence-electron chi connectivity index (χ3n) is 3.52. The van der Waals surface area contributed by atoms with Crippen LogP contribution in [-0.4, -0.2) is 12.6 Å². The van der Waals surface area contributed by atoms with E-state index in [1.807, 2.05) is 42.5 Å². The number of benzene rings is 2. The third kappa shape index (κ3) is 3.36. The highest BCUT2D eigenvalue weighted by molar-refractivity contribution is 6.30. The van der Waals surface area contributed by atoms with Crippen LogP contribution in [0.3, 0.4) is 0 Å². The molecule has 106 valence electrons. The van der Waals surface area contributed by atoms with E-state index >= 15 is 0 Å². The first-order valence-corrected chi connectivity index (χ1v) is 7.27. The van der Waals surface area contributed by atoms with E-state index < -0.39 is 0 Å². The van der Waals surface area contributed by atoms with Crippen LogP contribution in [0.1, 0.15) is 16.7 Å². The number of nitrogens with one attached hydrogen (secondary N) is 1. The van der Waals surface area contributed by atoms with E-state index in [0.717, 1.165) is 35.8 Å². The Bertz CT molecular complexity index is 693. The summed E-state index contributed by atoms with van der Waals surface area (Å²) in [6.45, 7) is 1.50.